The van der Waals surface area contributed by atoms with Crippen LogP contribution in [0.1, 0.15) is 30.0 Å². The molecule has 0 aliphatic carbocycles. The first-order chi connectivity index (χ1) is 7.22. The minimum atomic E-state index is 0.465. The zero-order valence-electron chi connectivity index (χ0n) is 9.14. The lowest BCUT2D eigenvalue weighted by molar-refractivity contribution is 0.411. The van der Waals surface area contributed by atoms with Crippen molar-refractivity contribution in [2.75, 3.05) is 13.7 Å². The second kappa shape index (κ2) is 4.42. The number of halogens is 1. The Bertz CT molecular complexity index is 336. The molecule has 2 nitrogen and oxygen atoms in total. The van der Waals surface area contributed by atoms with E-state index in [0.29, 0.717) is 11.1 Å². The molecule has 0 saturated carbocycles. The Morgan fingerprint density at radius 1 is 1.47 bits per heavy atom. The molecule has 1 saturated heterocycles. The third-order valence-electron chi connectivity index (χ3n) is 2.92. The van der Waals surface area contributed by atoms with Crippen LogP contribution in [-0.4, -0.2) is 13.7 Å². The molecule has 1 N–H and O–H groups in total. The van der Waals surface area contributed by atoms with Crippen LogP contribution in [0, 0.1) is 6.92 Å². The minimum absolute atomic E-state index is 0.465. The zero-order chi connectivity index (χ0) is 10.8. The molecular formula is C12H16ClNO. The smallest absolute Gasteiger partial charge is 0.140 e. The molecule has 82 valence electrons. The van der Waals surface area contributed by atoms with E-state index in [0.717, 1.165) is 17.9 Å². The lowest BCUT2D eigenvalue weighted by atomic mass is 10.0. The lowest BCUT2D eigenvalue weighted by Gasteiger charge is -2.14. The molecule has 15 heavy (non-hydrogen) atoms. The van der Waals surface area contributed by atoms with Gasteiger partial charge in [-0.25, -0.2) is 0 Å². The summed E-state index contributed by atoms with van der Waals surface area (Å²) in [5, 5.41) is 4.17. The van der Waals surface area contributed by atoms with Gasteiger partial charge in [0, 0.05) is 6.04 Å². The Kier molecular flexibility index (Phi) is 3.17. The third kappa shape index (κ3) is 2.11. The van der Waals surface area contributed by atoms with Crippen molar-refractivity contribution >= 4 is 11.6 Å². The van der Waals surface area contributed by atoms with Crippen molar-refractivity contribution in [3.05, 3.63) is 28.3 Å². The van der Waals surface area contributed by atoms with Gasteiger partial charge in [0.15, 0.2) is 0 Å². The predicted octanol–water partition coefficient (Wildman–Crippen LogP) is 3.08. The van der Waals surface area contributed by atoms with Crippen LogP contribution in [0.2, 0.25) is 5.02 Å². The molecule has 1 aliphatic rings. The topological polar surface area (TPSA) is 21.3 Å². The fraction of sp³-hybridized carbons (Fsp3) is 0.500. The number of methoxy groups -OCH3 is 1. The maximum Gasteiger partial charge on any atom is 0.140 e. The maximum atomic E-state index is 6.16. The Hall–Kier alpha value is -0.730. The van der Waals surface area contributed by atoms with Crippen molar-refractivity contribution in [2.45, 2.75) is 25.8 Å². The number of ether oxygens (including phenoxy) is 1. The van der Waals surface area contributed by atoms with Gasteiger partial charge in [0.2, 0.25) is 0 Å². The van der Waals surface area contributed by atoms with Gasteiger partial charge < -0.3 is 10.1 Å². The molecular weight excluding hydrogens is 210 g/mol. The molecule has 1 heterocycles. The van der Waals surface area contributed by atoms with Gasteiger partial charge >= 0.3 is 0 Å². The predicted molar refractivity (Wildman–Crippen MR) is 62.7 cm³/mol. The summed E-state index contributed by atoms with van der Waals surface area (Å²) in [6, 6.07) is 4.64. The summed E-state index contributed by atoms with van der Waals surface area (Å²) in [5.74, 6) is 0.790. The average Bonchev–Trinajstić information content (AvgIpc) is 2.69. The van der Waals surface area contributed by atoms with E-state index in [1.807, 2.05) is 13.0 Å². The van der Waals surface area contributed by atoms with Gasteiger partial charge in [0.1, 0.15) is 5.75 Å². The molecule has 1 aliphatic heterocycles. The van der Waals surface area contributed by atoms with Crippen LogP contribution in [0.25, 0.3) is 0 Å². The fourth-order valence-electron chi connectivity index (χ4n) is 2.19. The Labute approximate surface area is 95.6 Å². The SMILES string of the molecule is COc1c(C)cc(C2CCCN2)cc1Cl. The molecule has 1 fully saturated rings. The monoisotopic (exact) mass is 225 g/mol. The van der Waals surface area contributed by atoms with E-state index in [1.54, 1.807) is 7.11 Å². The number of hydrogen-bond donors (Lipinski definition) is 1. The van der Waals surface area contributed by atoms with Crippen LogP contribution in [0.5, 0.6) is 5.75 Å². The zero-order valence-corrected chi connectivity index (χ0v) is 9.90. The first-order valence-corrected chi connectivity index (χ1v) is 5.67. The Morgan fingerprint density at radius 3 is 2.80 bits per heavy atom. The first-order valence-electron chi connectivity index (χ1n) is 5.30. The van der Waals surface area contributed by atoms with Gasteiger partial charge in [-0.1, -0.05) is 17.7 Å². The number of benzene rings is 1. The molecule has 1 aromatic rings. The highest BCUT2D eigenvalue weighted by atomic mass is 35.5. The van der Waals surface area contributed by atoms with Crippen LogP contribution in [0.15, 0.2) is 12.1 Å². The summed E-state index contributed by atoms with van der Waals surface area (Å²) < 4.78 is 5.24. The van der Waals surface area contributed by atoms with E-state index in [9.17, 15) is 0 Å². The minimum Gasteiger partial charge on any atom is -0.495 e. The first kappa shape index (κ1) is 10.8. The van der Waals surface area contributed by atoms with Crippen LogP contribution < -0.4 is 10.1 Å². The number of nitrogens with one attached hydrogen (secondary N) is 1. The van der Waals surface area contributed by atoms with Crippen molar-refractivity contribution in [3.63, 3.8) is 0 Å². The van der Waals surface area contributed by atoms with Crippen molar-refractivity contribution in [1.29, 1.82) is 0 Å². The van der Waals surface area contributed by atoms with Crippen molar-refractivity contribution in [1.82, 2.24) is 5.32 Å². The molecule has 1 atom stereocenters. The number of rotatable bonds is 2. The van der Waals surface area contributed by atoms with Gasteiger partial charge in [-0.15, -0.1) is 0 Å². The lowest BCUT2D eigenvalue weighted by Crippen LogP contribution is -2.13. The van der Waals surface area contributed by atoms with Crippen LogP contribution in [-0.2, 0) is 0 Å². The summed E-state index contributed by atoms with van der Waals surface area (Å²) in [6.07, 6.45) is 2.44. The summed E-state index contributed by atoms with van der Waals surface area (Å²) in [5.41, 5.74) is 2.38. The maximum absolute atomic E-state index is 6.16. The second-order valence-electron chi connectivity index (χ2n) is 4.00. The standard InChI is InChI=1S/C12H16ClNO/c1-8-6-9(11-4-3-5-14-11)7-10(13)12(8)15-2/h6-7,11,14H,3-5H2,1-2H3. The molecule has 0 spiro atoms. The Morgan fingerprint density at radius 2 is 2.27 bits per heavy atom. The molecule has 1 unspecified atom stereocenters. The molecule has 2 rings (SSSR count). The van der Waals surface area contributed by atoms with Gasteiger partial charge in [-0.3, -0.25) is 0 Å². The normalized spacial score (nSPS) is 20.6. The van der Waals surface area contributed by atoms with Crippen molar-refractivity contribution in [3.8, 4) is 5.75 Å². The van der Waals surface area contributed by atoms with Crippen molar-refractivity contribution in [2.24, 2.45) is 0 Å². The van der Waals surface area contributed by atoms with Crippen molar-refractivity contribution < 1.29 is 4.74 Å². The number of aryl methyl sites for hydroxylation is 1. The fourth-order valence-corrected chi connectivity index (χ4v) is 2.54. The largest absolute Gasteiger partial charge is 0.495 e. The number of hydrogen-bond acceptors (Lipinski definition) is 2. The molecule has 1 aromatic carbocycles. The van der Waals surface area contributed by atoms with E-state index in [4.69, 9.17) is 16.3 Å². The van der Waals surface area contributed by atoms with Crippen LogP contribution in [0.3, 0.4) is 0 Å². The van der Waals surface area contributed by atoms with E-state index in [-0.39, 0.29) is 0 Å². The van der Waals surface area contributed by atoms with E-state index in [1.165, 1.54) is 18.4 Å². The summed E-state index contributed by atoms with van der Waals surface area (Å²) >= 11 is 6.16. The molecule has 0 amide bonds. The van der Waals surface area contributed by atoms with Gasteiger partial charge in [-0.05, 0) is 43.5 Å². The Balaban J connectivity index is 2.33. The average molecular weight is 226 g/mol. The third-order valence-corrected chi connectivity index (χ3v) is 3.20. The highest BCUT2D eigenvalue weighted by Crippen LogP contribution is 2.33. The molecule has 0 bridgehead atoms. The summed E-state index contributed by atoms with van der Waals surface area (Å²) in [6.45, 7) is 3.14. The van der Waals surface area contributed by atoms with Crippen LogP contribution >= 0.6 is 11.6 Å². The van der Waals surface area contributed by atoms with E-state index < -0.39 is 0 Å². The van der Waals surface area contributed by atoms with Crippen LogP contribution in [0.4, 0.5) is 0 Å². The van der Waals surface area contributed by atoms with E-state index >= 15 is 0 Å². The quantitative estimate of drug-likeness (QED) is 0.835. The second-order valence-corrected chi connectivity index (χ2v) is 4.41. The molecule has 0 aromatic heterocycles. The van der Waals surface area contributed by atoms with E-state index in [2.05, 4.69) is 11.4 Å². The highest BCUT2D eigenvalue weighted by molar-refractivity contribution is 6.32. The van der Waals surface area contributed by atoms with Gasteiger partial charge in [0.05, 0.1) is 12.1 Å². The molecule has 3 heteroatoms. The summed E-state index contributed by atoms with van der Waals surface area (Å²) in [7, 11) is 1.65. The van der Waals surface area contributed by atoms with Gasteiger partial charge in [0.25, 0.3) is 0 Å². The summed E-state index contributed by atoms with van der Waals surface area (Å²) in [4.78, 5) is 0. The molecule has 0 radical (unpaired) electrons. The highest BCUT2D eigenvalue weighted by Gasteiger charge is 2.18. The van der Waals surface area contributed by atoms with Gasteiger partial charge in [-0.2, -0.15) is 0 Å².